The van der Waals surface area contributed by atoms with Crippen LogP contribution in [0.4, 0.5) is 0 Å². The summed E-state index contributed by atoms with van der Waals surface area (Å²) in [4.78, 5) is 27.6. The van der Waals surface area contributed by atoms with E-state index < -0.39 is 0 Å². The molecule has 0 saturated heterocycles. The number of hydrogen-bond acceptors (Lipinski definition) is 4. The molecular weight excluding hydrogens is 292 g/mol. The third-order valence-corrected chi connectivity index (χ3v) is 3.50. The third-order valence-electron chi connectivity index (χ3n) is 3.50. The average Bonchev–Trinajstić information content (AvgIpc) is 2.55. The number of ketones is 1. The van der Waals surface area contributed by atoms with Crippen LogP contribution in [0.25, 0.3) is 0 Å². The Morgan fingerprint density at radius 1 is 1.26 bits per heavy atom. The van der Waals surface area contributed by atoms with Crippen molar-refractivity contribution in [3.8, 4) is 5.75 Å². The zero-order valence-electron chi connectivity index (χ0n) is 13.3. The van der Waals surface area contributed by atoms with Crippen LogP contribution in [0, 0.1) is 0 Å². The van der Waals surface area contributed by atoms with Crippen LogP contribution in [0.1, 0.15) is 28.4 Å². The molecule has 0 unspecified atom stereocenters. The molecule has 120 valence electrons. The Hall–Kier alpha value is -2.69. The van der Waals surface area contributed by atoms with Crippen molar-refractivity contribution >= 4 is 11.7 Å². The number of nitrogens with zero attached hydrogens (tertiary/aromatic N) is 1. The molecule has 1 heterocycles. The number of carbonyl (C=O) groups is 2. The van der Waals surface area contributed by atoms with Gasteiger partial charge in [0.25, 0.3) is 0 Å². The van der Waals surface area contributed by atoms with Crippen LogP contribution in [0.2, 0.25) is 0 Å². The third kappa shape index (κ3) is 4.92. The van der Waals surface area contributed by atoms with E-state index in [1.807, 2.05) is 12.1 Å². The molecule has 0 spiro atoms. The molecule has 0 bridgehead atoms. The molecule has 2 rings (SSSR count). The lowest BCUT2D eigenvalue weighted by Gasteiger charge is -2.10. The Labute approximate surface area is 135 Å². The summed E-state index contributed by atoms with van der Waals surface area (Å²) in [5, 5.41) is 2.87. The number of Topliss-reactive ketones (excluding diaryl/α,β-unsaturated/α-hetero) is 1. The predicted octanol–water partition coefficient (Wildman–Crippen LogP) is 2.19. The van der Waals surface area contributed by atoms with Crippen molar-refractivity contribution in [2.24, 2.45) is 0 Å². The van der Waals surface area contributed by atoms with Crippen molar-refractivity contribution in [3.05, 3.63) is 59.4 Å². The monoisotopic (exact) mass is 312 g/mol. The number of hydrogen-bond donors (Lipinski definition) is 1. The Kier molecular flexibility index (Phi) is 5.86. The minimum Gasteiger partial charge on any atom is -0.496 e. The average molecular weight is 312 g/mol. The van der Waals surface area contributed by atoms with E-state index in [0.717, 1.165) is 12.0 Å². The molecule has 0 atom stereocenters. The highest BCUT2D eigenvalue weighted by Crippen LogP contribution is 2.20. The van der Waals surface area contributed by atoms with E-state index >= 15 is 0 Å². The van der Waals surface area contributed by atoms with E-state index in [0.29, 0.717) is 23.4 Å². The van der Waals surface area contributed by atoms with Gasteiger partial charge in [0, 0.05) is 30.1 Å². The highest BCUT2D eigenvalue weighted by atomic mass is 16.5. The van der Waals surface area contributed by atoms with E-state index in [1.54, 1.807) is 37.7 Å². The van der Waals surface area contributed by atoms with Gasteiger partial charge in [0.05, 0.1) is 13.5 Å². The zero-order chi connectivity index (χ0) is 16.7. The summed E-state index contributed by atoms with van der Waals surface area (Å²) in [5.41, 5.74) is 2.35. The fourth-order valence-electron chi connectivity index (χ4n) is 2.26. The number of rotatable bonds is 7. The second kappa shape index (κ2) is 8.08. The molecule has 1 aromatic carbocycles. The lowest BCUT2D eigenvalue weighted by atomic mass is 10.0. The topological polar surface area (TPSA) is 68.3 Å². The molecule has 2 aromatic rings. The van der Waals surface area contributed by atoms with Crippen molar-refractivity contribution < 1.29 is 14.3 Å². The van der Waals surface area contributed by atoms with Gasteiger partial charge in [0.1, 0.15) is 5.75 Å². The Balaban J connectivity index is 1.94. The van der Waals surface area contributed by atoms with Crippen LogP contribution in [-0.2, 0) is 17.6 Å². The Morgan fingerprint density at radius 2 is 2.09 bits per heavy atom. The van der Waals surface area contributed by atoms with Gasteiger partial charge in [0.15, 0.2) is 5.78 Å². The summed E-state index contributed by atoms with van der Waals surface area (Å²) in [6.45, 7) is 2.04. The van der Waals surface area contributed by atoms with E-state index in [2.05, 4.69) is 10.3 Å². The maximum Gasteiger partial charge on any atom is 0.224 e. The number of aromatic nitrogens is 1. The molecule has 1 amide bonds. The van der Waals surface area contributed by atoms with Crippen LogP contribution in [-0.4, -0.2) is 30.3 Å². The van der Waals surface area contributed by atoms with Crippen LogP contribution < -0.4 is 10.1 Å². The lowest BCUT2D eigenvalue weighted by Crippen LogP contribution is -2.27. The van der Waals surface area contributed by atoms with Crippen molar-refractivity contribution in [1.29, 1.82) is 0 Å². The molecule has 5 heteroatoms. The maximum absolute atomic E-state index is 12.1. The summed E-state index contributed by atoms with van der Waals surface area (Å²) in [7, 11) is 1.55. The molecule has 0 saturated carbocycles. The number of ether oxygens (including phenoxy) is 1. The second-order valence-corrected chi connectivity index (χ2v) is 5.22. The molecular formula is C18H20N2O3. The summed E-state index contributed by atoms with van der Waals surface area (Å²) >= 11 is 0. The van der Waals surface area contributed by atoms with Gasteiger partial charge < -0.3 is 10.1 Å². The predicted molar refractivity (Wildman–Crippen MR) is 87.7 cm³/mol. The number of benzene rings is 1. The van der Waals surface area contributed by atoms with Crippen LogP contribution in [0.5, 0.6) is 5.75 Å². The first kappa shape index (κ1) is 16.7. The van der Waals surface area contributed by atoms with Gasteiger partial charge in [-0.25, -0.2) is 0 Å². The lowest BCUT2D eigenvalue weighted by molar-refractivity contribution is -0.120. The van der Waals surface area contributed by atoms with Crippen molar-refractivity contribution in [2.45, 2.75) is 19.8 Å². The SMILES string of the molecule is COc1ccc(C(C)=O)cc1CC(=O)NCCc1cccnc1. The van der Waals surface area contributed by atoms with Gasteiger partial charge in [0.2, 0.25) is 5.91 Å². The van der Waals surface area contributed by atoms with Gasteiger partial charge in [-0.15, -0.1) is 0 Å². The van der Waals surface area contributed by atoms with E-state index in [4.69, 9.17) is 4.74 Å². The molecule has 0 aliphatic carbocycles. The van der Waals surface area contributed by atoms with E-state index in [-0.39, 0.29) is 18.1 Å². The number of carbonyl (C=O) groups excluding carboxylic acids is 2. The number of pyridine rings is 1. The summed E-state index contributed by atoms with van der Waals surface area (Å²) in [6.07, 6.45) is 4.41. The minimum absolute atomic E-state index is 0.0362. The fourth-order valence-corrected chi connectivity index (χ4v) is 2.26. The summed E-state index contributed by atoms with van der Waals surface area (Å²) < 4.78 is 5.26. The van der Waals surface area contributed by atoms with Crippen LogP contribution in [0.3, 0.4) is 0 Å². The zero-order valence-corrected chi connectivity index (χ0v) is 13.3. The fraction of sp³-hybridized carbons (Fsp3) is 0.278. The first-order valence-electron chi connectivity index (χ1n) is 7.43. The minimum atomic E-state index is -0.104. The van der Waals surface area contributed by atoms with E-state index in [9.17, 15) is 9.59 Å². The van der Waals surface area contributed by atoms with Gasteiger partial charge in [-0.1, -0.05) is 6.07 Å². The quantitative estimate of drug-likeness (QED) is 0.796. The molecule has 23 heavy (non-hydrogen) atoms. The first-order valence-corrected chi connectivity index (χ1v) is 7.43. The second-order valence-electron chi connectivity index (χ2n) is 5.22. The molecule has 0 aliphatic rings. The smallest absolute Gasteiger partial charge is 0.224 e. The van der Waals surface area contributed by atoms with Gasteiger partial charge in [-0.3, -0.25) is 14.6 Å². The highest BCUT2D eigenvalue weighted by Gasteiger charge is 2.11. The number of amides is 1. The molecule has 1 aromatic heterocycles. The highest BCUT2D eigenvalue weighted by molar-refractivity contribution is 5.94. The van der Waals surface area contributed by atoms with Gasteiger partial charge >= 0.3 is 0 Å². The standard InChI is InChI=1S/C18H20N2O3/c1-13(21)15-5-6-17(23-2)16(10-15)11-18(22)20-9-7-14-4-3-8-19-12-14/h3-6,8,10,12H,7,9,11H2,1-2H3,(H,20,22). The molecule has 5 nitrogen and oxygen atoms in total. The molecule has 0 radical (unpaired) electrons. The largest absolute Gasteiger partial charge is 0.496 e. The Bertz CT molecular complexity index is 684. The van der Waals surface area contributed by atoms with Crippen molar-refractivity contribution in [1.82, 2.24) is 10.3 Å². The van der Waals surface area contributed by atoms with Gasteiger partial charge in [-0.05, 0) is 43.2 Å². The number of methoxy groups -OCH3 is 1. The van der Waals surface area contributed by atoms with E-state index in [1.165, 1.54) is 6.92 Å². The summed E-state index contributed by atoms with van der Waals surface area (Å²) in [6, 6.07) is 8.97. The first-order chi connectivity index (χ1) is 11.1. The van der Waals surface area contributed by atoms with Crippen LogP contribution in [0.15, 0.2) is 42.7 Å². The normalized spacial score (nSPS) is 10.2. The molecule has 0 aliphatic heterocycles. The van der Waals surface area contributed by atoms with Crippen molar-refractivity contribution in [2.75, 3.05) is 13.7 Å². The molecule has 1 N–H and O–H groups in total. The molecule has 0 fully saturated rings. The van der Waals surface area contributed by atoms with Gasteiger partial charge in [-0.2, -0.15) is 0 Å². The Morgan fingerprint density at radius 3 is 2.74 bits per heavy atom. The number of nitrogens with one attached hydrogen (secondary N) is 1. The maximum atomic E-state index is 12.1. The summed E-state index contributed by atoms with van der Waals surface area (Å²) in [5.74, 6) is 0.469. The van der Waals surface area contributed by atoms with Crippen LogP contribution >= 0.6 is 0 Å². The van der Waals surface area contributed by atoms with Crippen molar-refractivity contribution in [3.63, 3.8) is 0 Å².